The minimum absolute atomic E-state index is 0.00265. The van der Waals surface area contributed by atoms with Gasteiger partial charge >= 0.3 is 5.97 Å². The Bertz CT molecular complexity index is 509. The molecule has 1 heterocycles. The summed E-state index contributed by atoms with van der Waals surface area (Å²) < 4.78 is 26.5. The number of aromatic carboxylic acids is 1. The second kappa shape index (κ2) is 6.55. The molecule has 1 aromatic heterocycles. The summed E-state index contributed by atoms with van der Waals surface area (Å²) >= 11 is 2.56. The van der Waals surface area contributed by atoms with Crippen molar-refractivity contribution in [2.75, 3.05) is 12.0 Å². The molecule has 0 radical (unpaired) electrons. The van der Waals surface area contributed by atoms with Crippen LogP contribution in [0.3, 0.4) is 0 Å². The summed E-state index contributed by atoms with van der Waals surface area (Å²) in [6, 6.07) is 1.01. The van der Waals surface area contributed by atoms with Crippen LogP contribution in [-0.4, -0.2) is 37.5 Å². The molecule has 0 aliphatic carbocycles. The van der Waals surface area contributed by atoms with Crippen LogP contribution in [0.15, 0.2) is 15.7 Å². The second-order valence-electron chi connectivity index (χ2n) is 3.76. The van der Waals surface area contributed by atoms with E-state index in [1.165, 1.54) is 11.4 Å². The summed E-state index contributed by atoms with van der Waals surface area (Å²) in [6.45, 7) is 1.79. The molecule has 5 nitrogen and oxygen atoms in total. The molecule has 0 saturated heterocycles. The minimum atomic E-state index is -3.61. The van der Waals surface area contributed by atoms with Crippen LogP contribution in [0.1, 0.15) is 23.7 Å². The molecular formula is C10H15NO4S3. The summed E-state index contributed by atoms with van der Waals surface area (Å²) in [7, 11) is -3.61. The first-order valence-corrected chi connectivity index (χ1v) is 8.95. The number of hydrogen-bond acceptors (Lipinski definition) is 5. The average Bonchev–Trinajstić information content (AvgIpc) is 2.75. The third-order valence-electron chi connectivity index (χ3n) is 2.20. The highest BCUT2D eigenvalue weighted by Gasteiger charge is 2.20. The fourth-order valence-corrected chi connectivity index (χ4v) is 4.28. The average molecular weight is 309 g/mol. The standard InChI is InChI=1S/C10H15NO4S3/c1-7(3-4-16-2)11-18(14,15)9-5-8(6-17-9)10(12)13/h5-7,11H,3-4H2,1-2H3,(H,12,13). The van der Waals surface area contributed by atoms with Crippen LogP contribution in [0.25, 0.3) is 0 Å². The molecule has 0 aliphatic rings. The fraction of sp³-hybridized carbons (Fsp3) is 0.500. The number of rotatable bonds is 7. The van der Waals surface area contributed by atoms with Crippen LogP contribution in [0.4, 0.5) is 0 Å². The molecule has 0 amide bonds. The summed E-state index contributed by atoms with van der Waals surface area (Å²) in [5, 5.41) is 10.1. The lowest BCUT2D eigenvalue weighted by Gasteiger charge is -2.12. The first-order valence-electron chi connectivity index (χ1n) is 5.20. The number of sulfonamides is 1. The molecular weight excluding hydrogens is 294 g/mol. The highest BCUT2D eigenvalue weighted by molar-refractivity contribution is 7.98. The van der Waals surface area contributed by atoms with Crippen molar-refractivity contribution in [1.29, 1.82) is 0 Å². The molecule has 2 N–H and O–H groups in total. The first kappa shape index (κ1) is 15.5. The van der Waals surface area contributed by atoms with Crippen molar-refractivity contribution in [3.63, 3.8) is 0 Å². The Morgan fingerprint density at radius 3 is 2.78 bits per heavy atom. The smallest absolute Gasteiger partial charge is 0.336 e. The fourth-order valence-electron chi connectivity index (χ4n) is 1.25. The van der Waals surface area contributed by atoms with Crippen LogP contribution in [0.5, 0.6) is 0 Å². The van der Waals surface area contributed by atoms with Gasteiger partial charge < -0.3 is 5.11 Å². The van der Waals surface area contributed by atoms with E-state index in [-0.39, 0.29) is 15.8 Å². The highest BCUT2D eigenvalue weighted by Crippen LogP contribution is 2.20. The predicted molar refractivity (Wildman–Crippen MR) is 74.1 cm³/mol. The SMILES string of the molecule is CSCCC(C)NS(=O)(=O)c1cc(C(=O)O)cs1. The third-order valence-corrected chi connectivity index (χ3v) is 5.87. The number of thioether (sulfide) groups is 1. The molecule has 1 unspecified atom stereocenters. The van der Waals surface area contributed by atoms with E-state index in [1.54, 1.807) is 18.7 Å². The van der Waals surface area contributed by atoms with Crippen LogP contribution in [0.2, 0.25) is 0 Å². The van der Waals surface area contributed by atoms with Gasteiger partial charge in [0.2, 0.25) is 10.0 Å². The lowest BCUT2D eigenvalue weighted by molar-refractivity contribution is 0.0697. The maximum Gasteiger partial charge on any atom is 0.336 e. The van der Waals surface area contributed by atoms with E-state index in [0.29, 0.717) is 0 Å². The lowest BCUT2D eigenvalue weighted by atomic mass is 10.3. The molecule has 1 rings (SSSR count). The van der Waals surface area contributed by atoms with E-state index in [0.717, 1.165) is 23.5 Å². The van der Waals surface area contributed by atoms with Gasteiger partial charge in [0, 0.05) is 11.4 Å². The monoisotopic (exact) mass is 309 g/mol. The van der Waals surface area contributed by atoms with Gasteiger partial charge in [-0.1, -0.05) is 0 Å². The van der Waals surface area contributed by atoms with Gasteiger partial charge in [-0.2, -0.15) is 11.8 Å². The van der Waals surface area contributed by atoms with Gasteiger partial charge in [0.25, 0.3) is 0 Å². The van der Waals surface area contributed by atoms with E-state index in [4.69, 9.17) is 5.11 Å². The van der Waals surface area contributed by atoms with Crippen LogP contribution in [0, 0.1) is 0 Å². The topological polar surface area (TPSA) is 83.5 Å². The normalized spacial score (nSPS) is 13.4. The van der Waals surface area contributed by atoms with Crippen molar-refractivity contribution >= 4 is 39.1 Å². The maximum atomic E-state index is 11.9. The van der Waals surface area contributed by atoms with E-state index < -0.39 is 16.0 Å². The van der Waals surface area contributed by atoms with Gasteiger partial charge in [0.15, 0.2) is 0 Å². The number of carboxylic acid groups (broad SMARTS) is 1. The quantitative estimate of drug-likeness (QED) is 0.803. The summed E-state index contributed by atoms with van der Waals surface area (Å²) in [6.07, 6.45) is 2.69. The number of carboxylic acids is 1. The van der Waals surface area contributed by atoms with Crippen molar-refractivity contribution in [2.45, 2.75) is 23.6 Å². The zero-order valence-electron chi connectivity index (χ0n) is 10.0. The van der Waals surface area contributed by atoms with Gasteiger partial charge in [-0.25, -0.2) is 17.9 Å². The number of nitrogens with one attached hydrogen (secondary N) is 1. The van der Waals surface area contributed by atoms with Crippen molar-refractivity contribution < 1.29 is 18.3 Å². The molecule has 0 aromatic carbocycles. The zero-order chi connectivity index (χ0) is 13.8. The van der Waals surface area contributed by atoms with E-state index in [1.807, 2.05) is 6.26 Å². The van der Waals surface area contributed by atoms with Crippen LogP contribution < -0.4 is 4.72 Å². The van der Waals surface area contributed by atoms with Crippen molar-refractivity contribution in [3.05, 3.63) is 17.0 Å². The molecule has 8 heteroatoms. The van der Waals surface area contributed by atoms with Gasteiger partial charge in [0.05, 0.1) is 5.56 Å². The Labute approximate surface area is 115 Å². The van der Waals surface area contributed by atoms with Crippen molar-refractivity contribution in [3.8, 4) is 0 Å². The summed E-state index contributed by atoms with van der Waals surface area (Å²) in [4.78, 5) is 10.7. The van der Waals surface area contributed by atoms with Crippen LogP contribution >= 0.6 is 23.1 Å². The van der Waals surface area contributed by atoms with Gasteiger partial charge in [-0.15, -0.1) is 11.3 Å². The summed E-state index contributed by atoms with van der Waals surface area (Å²) in [5.74, 6) is -0.253. The lowest BCUT2D eigenvalue weighted by Crippen LogP contribution is -2.32. The number of thiophene rings is 1. The van der Waals surface area contributed by atoms with Crippen LogP contribution in [-0.2, 0) is 10.0 Å². The Balaban J connectivity index is 2.76. The van der Waals surface area contributed by atoms with Crippen molar-refractivity contribution in [1.82, 2.24) is 4.72 Å². The Kier molecular flexibility index (Phi) is 5.64. The maximum absolute atomic E-state index is 11.9. The largest absolute Gasteiger partial charge is 0.478 e. The molecule has 0 spiro atoms. The third kappa shape index (κ3) is 4.27. The second-order valence-corrected chi connectivity index (χ2v) is 7.60. The summed E-state index contributed by atoms with van der Waals surface area (Å²) in [5.41, 5.74) is -0.00265. The Morgan fingerprint density at radius 1 is 1.61 bits per heavy atom. The molecule has 1 aromatic rings. The Hall–Kier alpha value is -0.570. The molecule has 0 bridgehead atoms. The van der Waals surface area contributed by atoms with Crippen molar-refractivity contribution in [2.24, 2.45) is 0 Å². The molecule has 0 aliphatic heterocycles. The number of hydrogen-bond donors (Lipinski definition) is 2. The molecule has 0 saturated carbocycles. The van der Waals surface area contributed by atoms with Gasteiger partial charge in [-0.3, -0.25) is 0 Å². The zero-order valence-corrected chi connectivity index (χ0v) is 12.5. The van der Waals surface area contributed by atoms with E-state index in [2.05, 4.69) is 4.72 Å². The minimum Gasteiger partial charge on any atom is -0.478 e. The molecule has 102 valence electrons. The van der Waals surface area contributed by atoms with E-state index in [9.17, 15) is 13.2 Å². The van der Waals surface area contributed by atoms with Gasteiger partial charge in [-0.05, 0) is 31.4 Å². The number of carbonyl (C=O) groups is 1. The first-order chi connectivity index (χ1) is 8.36. The molecule has 1 atom stereocenters. The Morgan fingerprint density at radius 2 is 2.28 bits per heavy atom. The highest BCUT2D eigenvalue weighted by atomic mass is 32.2. The van der Waals surface area contributed by atoms with Gasteiger partial charge in [0.1, 0.15) is 4.21 Å². The molecule has 0 fully saturated rings. The predicted octanol–water partition coefficient (Wildman–Crippen LogP) is 1.87. The van der Waals surface area contributed by atoms with E-state index >= 15 is 0 Å². The molecule has 18 heavy (non-hydrogen) atoms.